The Morgan fingerprint density at radius 1 is 1.12 bits per heavy atom. The predicted molar refractivity (Wildman–Crippen MR) is 86.0 cm³/mol. The molecule has 0 unspecified atom stereocenters. The Kier molecular flexibility index (Phi) is 5.97. The Morgan fingerprint density at radius 3 is 2.38 bits per heavy atom. The first kappa shape index (κ1) is 20.2. The van der Waals surface area contributed by atoms with Gasteiger partial charge in [0.2, 0.25) is 0 Å². The van der Waals surface area contributed by atoms with E-state index in [-0.39, 0.29) is 35.3 Å². The lowest BCUT2D eigenvalue weighted by Crippen LogP contribution is -2.28. The van der Waals surface area contributed by atoms with Crippen molar-refractivity contribution >= 4 is 20.9 Å². The standard InChI is InChI=1S/C16H16F4O5S/c1-3-12-13(17)6-5-10-7-11(24-9-23-4-2)8-14(15(10)12)25-26(21,22)16(18,19)20/h5-8H,3-4,9H2,1-2H3. The second kappa shape index (κ2) is 7.67. The summed E-state index contributed by atoms with van der Waals surface area (Å²) in [6, 6.07) is 4.82. The highest BCUT2D eigenvalue weighted by molar-refractivity contribution is 7.88. The quantitative estimate of drug-likeness (QED) is 0.231. The van der Waals surface area contributed by atoms with Gasteiger partial charge in [-0.25, -0.2) is 4.39 Å². The molecule has 10 heteroatoms. The summed E-state index contributed by atoms with van der Waals surface area (Å²) in [6.07, 6.45) is 0.116. The molecule has 0 fully saturated rings. The molecule has 2 aromatic carbocycles. The third-order valence-corrected chi connectivity index (χ3v) is 4.42. The Bertz CT molecular complexity index is 894. The van der Waals surface area contributed by atoms with Crippen LogP contribution < -0.4 is 8.92 Å². The first-order valence-electron chi connectivity index (χ1n) is 7.57. The second-order valence-corrected chi connectivity index (χ2v) is 6.68. The van der Waals surface area contributed by atoms with E-state index in [2.05, 4.69) is 4.18 Å². The average molecular weight is 396 g/mol. The van der Waals surface area contributed by atoms with Crippen molar-refractivity contribution in [1.29, 1.82) is 0 Å². The number of alkyl halides is 3. The number of benzene rings is 2. The third kappa shape index (κ3) is 4.18. The van der Waals surface area contributed by atoms with E-state index in [4.69, 9.17) is 9.47 Å². The summed E-state index contributed by atoms with van der Waals surface area (Å²) in [5.74, 6) is -1.33. The maximum absolute atomic E-state index is 14.0. The van der Waals surface area contributed by atoms with Gasteiger partial charge in [-0.05, 0) is 36.4 Å². The van der Waals surface area contributed by atoms with Crippen molar-refractivity contribution in [2.45, 2.75) is 25.8 Å². The molecule has 0 aliphatic carbocycles. The summed E-state index contributed by atoms with van der Waals surface area (Å²) in [7, 11) is -5.93. The molecule has 0 bridgehead atoms. The number of fused-ring (bicyclic) bond motifs is 1. The van der Waals surface area contributed by atoms with E-state index in [1.165, 1.54) is 12.1 Å². The molecule has 2 aromatic rings. The zero-order valence-corrected chi connectivity index (χ0v) is 14.7. The number of hydrogen-bond donors (Lipinski definition) is 0. The highest BCUT2D eigenvalue weighted by atomic mass is 32.2. The SMILES string of the molecule is CCOCOc1cc(OS(=O)(=O)C(F)(F)F)c2c(CC)c(F)ccc2c1. The smallest absolute Gasteiger partial charge is 0.467 e. The van der Waals surface area contributed by atoms with E-state index in [0.717, 1.165) is 12.1 Å². The maximum Gasteiger partial charge on any atom is 0.534 e. The van der Waals surface area contributed by atoms with Gasteiger partial charge in [-0.1, -0.05) is 13.0 Å². The predicted octanol–water partition coefficient (Wildman–Crippen LogP) is 4.14. The summed E-state index contributed by atoms with van der Waals surface area (Å²) in [5, 5.41) is 0.203. The topological polar surface area (TPSA) is 61.8 Å². The van der Waals surface area contributed by atoms with Crippen molar-refractivity contribution in [3.8, 4) is 11.5 Å². The summed E-state index contributed by atoms with van der Waals surface area (Å²) in [6.45, 7) is 3.43. The molecule has 0 N–H and O–H groups in total. The van der Waals surface area contributed by atoms with Gasteiger partial charge < -0.3 is 13.7 Å². The Labute approximate surface area is 147 Å². The number of halogens is 4. The second-order valence-electron chi connectivity index (χ2n) is 5.14. The van der Waals surface area contributed by atoms with Crippen LogP contribution in [-0.4, -0.2) is 27.3 Å². The number of ether oxygens (including phenoxy) is 2. The van der Waals surface area contributed by atoms with Crippen molar-refractivity contribution in [2.75, 3.05) is 13.4 Å². The monoisotopic (exact) mass is 396 g/mol. The van der Waals surface area contributed by atoms with Crippen molar-refractivity contribution in [3.05, 3.63) is 35.6 Å². The minimum absolute atomic E-state index is 0.0204. The fourth-order valence-corrected chi connectivity index (χ4v) is 2.76. The largest absolute Gasteiger partial charge is 0.534 e. The van der Waals surface area contributed by atoms with E-state index >= 15 is 0 Å². The Balaban J connectivity index is 2.64. The first-order chi connectivity index (χ1) is 12.1. The van der Waals surface area contributed by atoms with E-state index in [9.17, 15) is 26.0 Å². The molecule has 0 aliphatic rings. The van der Waals surface area contributed by atoms with Gasteiger partial charge in [-0.15, -0.1) is 0 Å². The van der Waals surface area contributed by atoms with Gasteiger partial charge in [0.05, 0.1) is 0 Å². The lowest BCUT2D eigenvalue weighted by molar-refractivity contribution is -0.0499. The molecule has 0 aliphatic heterocycles. The van der Waals surface area contributed by atoms with Crippen molar-refractivity contribution in [2.24, 2.45) is 0 Å². The fourth-order valence-electron chi connectivity index (χ4n) is 2.30. The molecule has 2 rings (SSSR count). The molecular weight excluding hydrogens is 380 g/mol. The molecular formula is C16H16F4O5S. The molecule has 0 saturated heterocycles. The van der Waals surface area contributed by atoms with Crippen molar-refractivity contribution in [1.82, 2.24) is 0 Å². The van der Waals surface area contributed by atoms with Crippen LogP contribution in [0.15, 0.2) is 24.3 Å². The highest BCUT2D eigenvalue weighted by Crippen LogP contribution is 2.38. The van der Waals surface area contributed by atoms with Crippen LogP contribution in [0.3, 0.4) is 0 Å². The summed E-state index contributed by atoms with van der Waals surface area (Å²) in [4.78, 5) is 0. The molecule has 26 heavy (non-hydrogen) atoms. The van der Waals surface area contributed by atoms with Gasteiger partial charge in [0.1, 0.15) is 11.6 Å². The van der Waals surface area contributed by atoms with Crippen LogP contribution in [-0.2, 0) is 21.3 Å². The lowest BCUT2D eigenvalue weighted by atomic mass is 10.0. The van der Waals surface area contributed by atoms with E-state index in [1.54, 1.807) is 13.8 Å². The number of hydrogen-bond acceptors (Lipinski definition) is 5. The van der Waals surface area contributed by atoms with Crippen LogP contribution in [0.2, 0.25) is 0 Å². The van der Waals surface area contributed by atoms with Crippen LogP contribution in [0.4, 0.5) is 17.6 Å². The zero-order chi connectivity index (χ0) is 19.5. The minimum atomic E-state index is -5.93. The Hall–Kier alpha value is -2.07. The molecule has 0 spiro atoms. The number of aryl methyl sites for hydroxylation is 1. The van der Waals surface area contributed by atoms with E-state index in [1.807, 2.05) is 0 Å². The number of rotatable bonds is 7. The van der Waals surface area contributed by atoms with Crippen molar-refractivity contribution in [3.63, 3.8) is 0 Å². The zero-order valence-electron chi connectivity index (χ0n) is 13.9. The van der Waals surface area contributed by atoms with Gasteiger partial charge in [0, 0.05) is 18.1 Å². The summed E-state index contributed by atoms with van der Waals surface area (Å²) >= 11 is 0. The molecule has 0 radical (unpaired) electrons. The van der Waals surface area contributed by atoms with Crippen LogP contribution in [0, 0.1) is 5.82 Å². The summed E-state index contributed by atoms with van der Waals surface area (Å²) < 4.78 is 89.4. The maximum atomic E-state index is 14.0. The molecule has 5 nitrogen and oxygen atoms in total. The molecule has 0 heterocycles. The molecule has 0 saturated carbocycles. The molecule has 0 aromatic heterocycles. The molecule has 0 amide bonds. The van der Waals surface area contributed by atoms with Crippen LogP contribution in [0.1, 0.15) is 19.4 Å². The van der Waals surface area contributed by atoms with Gasteiger partial charge in [-0.3, -0.25) is 0 Å². The molecule has 0 atom stereocenters. The van der Waals surface area contributed by atoms with Crippen LogP contribution >= 0.6 is 0 Å². The van der Waals surface area contributed by atoms with Crippen LogP contribution in [0.5, 0.6) is 11.5 Å². The van der Waals surface area contributed by atoms with E-state index in [0.29, 0.717) is 6.61 Å². The van der Waals surface area contributed by atoms with Crippen molar-refractivity contribution < 1.29 is 39.6 Å². The Morgan fingerprint density at radius 2 is 1.81 bits per heavy atom. The normalized spacial score (nSPS) is 12.4. The van der Waals surface area contributed by atoms with Crippen LogP contribution in [0.25, 0.3) is 10.8 Å². The van der Waals surface area contributed by atoms with Gasteiger partial charge >= 0.3 is 15.6 Å². The fraction of sp³-hybridized carbons (Fsp3) is 0.375. The van der Waals surface area contributed by atoms with E-state index < -0.39 is 27.2 Å². The minimum Gasteiger partial charge on any atom is -0.467 e. The third-order valence-electron chi connectivity index (χ3n) is 3.46. The van der Waals surface area contributed by atoms with Gasteiger partial charge in [0.15, 0.2) is 12.5 Å². The first-order valence-corrected chi connectivity index (χ1v) is 8.98. The van der Waals surface area contributed by atoms with Gasteiger partial charge in [0.25, 0.3) is 0 Å². The highest BCUT2D eigenvalue weighted by Gasteiger charge is 2.48. The lowest BCUT2D eigenvalue weighted by Gasteiger charge is -2.16. The average Bonchev–Trinajstić information content (AvgIpc) is 2.54. The van der Waals surface area contributed by atoms with Gasteiger partial charge in [-0.2, -0.15) is 21.6 Å². The molecule has 144 valence electrons. The summed E-state index contributed by atoms with van der Waals surface area (Å²) in [5.41, 5.74) is -5.59.